The first-order valence-electron chi connectivity index (χ1n) is 9.07. The lowest BCUT2D eigenvalue weighted by atomic mass is 9.89. The molecule has 2 aromatic carbocycles. The Balaban J connectivity index is 1.78. The van der Waals surface area contributed by atoms with Crippen LogP contribution in [0.1, 0.15) is 36.4 Å². The van der Waals surface area contributed by atoms with Crippen LogP contribution in [0.4, 0.5) is 5.69 Å². The van der Waals surface area contributed by atoms with E-state index in [9.17, 15) is 0 Å². The molecule has 0 radical (unpaired) electrons. The van der Waals surface area contributed by atoms with Crippen molar-refractivity contribution < 1.29 is 0 Å². The number of aromatic nitrogens is 2. The number of fused-ring (bicyclic) bond motifs is 1. The molecule has 1 unspecified atom stereocenters. The molecule has 138 valence electrons. The van der Waals surface area contributed by atoms with Crippen LogP contribution in [0, 0.1) is 0 Å². The van der Waals surface area contributed by atoms with Crippen molar-refractivity contribution in [2.24, 2.45) is 5.10 Å². The van der Waals surface area contributed by atoms with Gasteiger partial charge in [-0.05, 0) is 43.0 Å². The molecule has 1 N–H and O–H groups in total. The van der Waals surface area contributed by atoms with Crippen LogP contribution in [-0.2, 0) is 6.42 Å². The van der Waals surface area contributed by atoms with E-state index in [0.29, 0.717) is 10.0 Å². The lowest BCUT2D eigenvalue weighted by Crippen LogP contribution is -2.24. The zero-order valence-corrected chi connectivity index (χ0v) is 16.3. The van der Waals surface area contributed by atoms with E-state index < -0.39 is 0 Å². The molecule has 1 heterocycles. The minimum absolute atomic E-state index is 0.118. The lowest BCUT2D eigenvalue weighted by Gasteiger charge is -2.25. The third kappa shape index (κ3) is 4.02. The summed E-state index contributed by atoms with van der Waals surface area (Å²) in [5.41, 5.74) is 7.38. The number of halogens is 2. The summed E-state index contributed by atoms with van der Waals surface area (Å²) in [6, 6.07) is 14.0. The highest BCUT2D eigenvalue weighted by molar-refractivity contribution is 6.36. The van der Waals surface area contributed by atoms with Crippen molar-refractivity contribution in [2.45, 2.75) is 31.7 Å². The normalized spacial score (nSPS) is 18.6. The zero-order valence-electron chi connectivity index (χ0n) is 14.8. The van der Waals surface area contributed by atoms with Crippen molar-refractivity contribution >= 4 is 34.6 Å². The van der Waals surface area contributed by atoms with Gasteiger partial charge < -0.3 is 4.57 Å². The van der Waals surface area contributed by atoms with Crippen LogP contribution in [0.3, 0.4) is 0 Å². The van der Waals surface area contributed by atoms with Gasteiger partial charge in [0.25, 0.3) is 0 Å². The molecule has 1 aliphatic carbocycles. The fourth-order valence-corrected chi connectivity index (χ4v) is 3.99. The van der Waals surface area contributed by atoms with Crippen molar-refractivity contribution in [1.29, 1.82) is 0 Å². The van der Waals surface area contributed by atoms with Gasteiger partial charge in [-0.3, -0.25) is 5.43 Å². The fraction of sp³-hybridized carbons (Fsp3) is 0.238. The van der Waals surface area contributed by atoms with Gasteiger partial charge in [0.05, 0.1) is 28.8 Å². The second-order valence-corrected chi connectivity index (χ2v) is 7.51. The second-order valence-electron chi connectivity index (χ2n) is 6.66. The van der Waals surface area contributed by atoms with Gasteiger partial charge in [0.15, 0.2) is 0 Å². The molecule has 0 spiro atoms. The molecule has 0 bridgehead atoms. The highest BCUT2D eigenvalue weighted by Crippen LogP contribution is 2.29. The number of rotatable bonds is 3. The Bertz CT molecular complexity index is 951. The van der Waals surface area contributed by atoms with Gasteiger partial charge in [-0.25, -0.2) is 4.98 Å². The molecular formula is C21H20Cl2N4. The van der Waals surface area contributed by atoms with Gasteiger partial charge in [-0.2, -0.15) is 5.10 Å². The maximum Gasteiger partial charge on any atom is 0.0952 e. The van der Waals surface area contributed by atoms with Crippen LogP contribution in [0.2, 0.25) is 10.0 Å². The summed E-state index contributed by atoms with van der Waals surface area (Å²) in [6.45, 7) is 0. The minimum atomic E-state index is 0.118. The first-order chi connectivity index (χ1) is 13.2. The van der Waals surface area contributed by atoms with Crippen LogP contribution < -0.4 is 5.43 Å². The largest absolute Gasteiger partial charge is 0.328 e. The summed E-state index contributed by atoms with van der Waals surface area (Å²) >= 11 is 12.3. The zero-order chi connectivity index (χ0) is 18.6. The molecule has 27 heavy (non-hydrogen) atoms. The van der Waals surface area contributed by atoms with E-state index in [4.69, 9.17) is 28.3 Å². The molecule has 3 aromatic rings. The highest BCUT2D eigenvalue weighted by atomic mass is 35.5. The summed E-state index contributed by atoms with van der Waals surface area (Å²) in [5, 5.41) is 5.96. The molecule has 1 aliphatic rings. The van der Waals surface area contributed by atoms with E-state index in [1.54, 1.807) is 12.1 Å². The van der Waals surface area contributed by atoms with Crippen LogP contribution >= 0.6 is 23.2 Å². The Labute approximate surface area is 168 Å². The highest BCUT2D eigenvalue weighted by Gasteiger charge is 2.24. The molecule has 0 fully saturated rings. The Morgan fingerprint density at radius 1 is 1.11 bits per heavy atom. The van der Waals surface area contributed by atoms with Gasteiger partial charge in [0.1, 0.15) is 0 Å². The van der Waals surface area contributed by atoms with E-state index in [1.807, 2.05) is 24.8 Å². The second kappa shape index (κ2) is 8.15. The first-order valence-corrected chi connectivity index (χ1v) is 9.82. The summed E-state index contributed by atoms with van der Waals surface area (Å²) in [7, 11) is 0. The number of benzene rings is 2. The standard InChI is InChI=1S/C21H20Cl2N4/c22-16-9-10-19(18(23)13-16)25-26-21-17-7-3-1-5-15(17)6-2-4-8-20(21)27-12-11-24-14-27/h1,3,5,7,9-14,20,25H,2,4,6,8H2. The SMILES string of the molecule is Clc1ccc(NN=C2c3ccccc3CCCCC2n2ccnc2)c(Cl)c1. The van der Waals surface area contributed by atoms with E-state index in [2.05, 4.69) is 39.2 Å². The molecule has 4 nitrogen and oxygen atoms in total. The smallest absolute Gasteiger partial charge is 0.0952 e. The topological polar surface area (TPSA) is 42.2 Å². The number of hydrogen-bond acceptors (Lipinski definition) is 3. The van der Waals surface area contributed by atoms with Gasteiger partial charge in [-0.1, -0.05) is 53.9 Å². The van der Waals surface area contributed by atoms with Crippen LogP contribution in [-0.4, -0.2) is 15.3 Å². The van der Waals surface area contributed by atoms with E-state index in [-0.39, 0.29) is 6.04 Å². The number of hydrogen-bond donors (Lipinski definition) is 1. The van der Waals surface area contributed by atoms with Crippen molar-refractivity contribution in [1.82, 2.24) is 9.55 Å². The van der Waals surface area contributed by atoms with Crippen LogP contribution in [0.5, 0.6) is 0 Å². The Morgan fingerprint density at radius 2 is 2.00 bits per heavy atom. The van der Waals surface area contributed by atoms with Gasteiger partial charge in [0.2, 0.25) is 0 Å². The average Bonchev–Trinajstić information content (AvgIpc) is 3.18. The molecule has 6 heteroatoms. The third-order valence-electron chi connectivity index (χ3n) is 4.90. The van der Waals surface area contributed by atoms with Crippen LogP contribution in [0.15, 0.2) is 66.3 Å². The number of imidazole rings is 1. The van der Waals surface area contributed by atoms with Gasteiger partial charge >= 0.3 is 0 Å². The summed E-state index contributed by atoms with van der Waals surface area (Å²) in [6.07, 6.45) is 10.1. The number of nitrogens with zero attached hydrogens (tertiary/aromatic N) is 3. The molecule has 1 atom stereocenters. The maximum atomic E-state index is 6.31. The quantitative estimate of drug-likeness (QED) is 0.551. The van der Waals surface area contributed by atoms with E-state index in [0.717, 1.165) is 30.7 Å². The molecule has 0 amide bonds. The molecular weight excluding hydrogens is 379 g/mol. The molecule has 0 saturated carbocycles. The maximum absolute atomic E-state index is 6.31. The summed E-state index contributed by atoms with van der Waals surface area (Å²) in [5.74, 6) is 0. The Morgan fingerprint density at radius 3 is 2.81 bits per heavy atom. The van der Waals surface area contributed by atoms with Crippen molar-refractivity contribution in [3.63, 3.8) is 0 Å². The molecule has 1 aromatic heterocycles. The monoisotopic (exact) mass is 398 g/mol. The number of aryl methyl sites for hydroxylation is 1. The predicted octanol–water partition coefficient (Wildman–Crippen LogP) is 5.97. The summed E-state index contributed by atoms with van der Waals surface area (Å²) < 4.78 is 2.13. The van der Waals surface area contributed by atoms with E-state index in [1.165, 1.54) is 17.5 Å². The molecule has 4 rings (SSSR count). The first kappa shape index (κ1) is 18.1. The van der Waals surface area contributed by atoms with E-state index >= 15 is 0 Å². The summed E-state index contributed by atoms with van der Waals surface area (Å²) in [4.78, 5) is 4.24. The van der Waals surface area contributed by atoms with Gasteiger partial charge in [-0.15, -0.1) is 0 Å². The number of nitrogens with one attached hydrogen (secondary N) is 1. The van der Waals surface area contributed by atoms with Crippen molar-refractivity contribution in [3.05, 3.63) is 82.4 Å². The van der Waals surface area contributed by atoms with Gasteiger partial charge in [0, 0.05) is 23.0 Å². The average molecular weight is 399 g/mol. The minimum Gasteiger partial charge on any atom is -0.328 e. The predicted molar refractivity (Wildman–Crippen MR) is 112 cm³/mol. The third-order valence-corrected chi connectivity index (χ3v) is 5.44. The lowest BCUT2D eigenvalue weighted by molar-refractivity contribution is 0.538. The van der Waals surface area contributed by atoms with Crippen molar-refractivity contribution in [2.75, 3.05) is 5.43 Å². The number of hydrazone groups is 1. The van der Waals surface area contributed by atoms with Crippen molar-refractivity contribution in [3.8, 4) is 0 Å². The van der Waals surface area contributed by atoms with Crippen LogP contribution in [0.25, 0.3) is 0 Å². The molecule has 0 saturated heterocycles. The fourth-order valence-electron chi connectivity index (χ4n) is 3.54. The number of anilines is 1. The Kier molecular flexibility index (Phi) is 5.46. The molecule has 0 aliphatic heterocycles. The Hall–Kier alpha value is -2.30.